The fraction of sp³-hybridized carbons (Fsp3) is 0.579. The smallest absolute Gasteiger partial charge is 0.223 e. The summed E-state index contributed by atoms with van der Waals surface area (Å²) in [5, 5.41) is 0. The van der Waals surface area contributed by atoms with Crippen LogP contribution in [-0.2, 0) is 4.79 Å². The Labute approximate surface area is 147 Å². The highest BCUT2D eigenvalue weighted by atomic mass is 19.1. The van der Waals surface area contributed by atoms with Crippen LogP contribution >= 0.6 is 0 Å². The fourth-order valence-electron chi connectivity index (χ4n) is 3.75. The highest BCUT2D eigenvalue weighted by molar-refractivity contribution is 5.98. The molecule has 0 aliphatic carbocycles. The SMILES string of the molecule is COc1ccc(C(=O)CCC(=O)N2CCN3CCCCC3C2)cc1F. The summed E-state index contributed by atoms with van der Waals surface area (Å²) in [5.74, 6) is -0.648. The van der Waals surface area contributed by atoms with E-state index in [1.807, 2.05) is 4.90 Å². The molecule has 6 heteroatoms. The van der Waals surface area contributed by atoms with Gasteiger partial charge in [0.15, 0.2) is 17.3 Å². The summed E-state index contributed by atoms with van der Waals surface area (Å²) in [6.45, 7) is 3.56. The number of rotatable bonds is 5. The molecule has 5 nitrogen and oxygen atoms in total. The summed E-state index contributed by atoms with van der Waals surface area (Å²) in [5.41, 5.74) is 0.281. The number of benzene rings is 1. The van der Waals surface area contributed by atoms with Crippen LogP contribution in [0.5, 0.6) is 5.75 Å². The molecule has 1 aromatic carbocycles. The van der Waals surface area contributed by atoms with Crippen LogP contribution in [0.1, 0.15) is 42.5 Å². The van der Waals surface area contributed by atoms with E-state index in [1.54, 1.807) is 0 Å². The minimum atomic E-state index is -0.562. The molecule has 1 unspecified atom stereocenters. The molecular formula is C19H25FN2O3. The van der Waals surface area contributed by atoms with Gasteiger partial charge in [0.25, 0.3) is 0 Å². The molecule has 2 aliphatic heterocycles. The van der Waals surface area contributed by atoms with Crippen LogP contribution in [0, 0.1) is 5.82 Å². The summed E-state index contributed by atoms with van der Waals surface area (Å²) < 4.78 is 18.6. The second-order valence-electron chi connectivity index (χ2n) is 6.80. The van der Waals surface area contributed by atoms with Crippen molar-refractivity contribution in [3.05, 3.63) is 29.6 Å². The summed E-state index contributed by atoms with van der Waals surface area (Å²) in [4.78, 5) is 29.0. The number of nitrogens with zero attached hydrogens (tertiary/aromatic N) is 2. The monoisotopic (exact) mass is 348 g/mol. The number of carbonyl (C=O) groups is 2. The number of fused-ring (bicyclic) bond motifs is 1. The first-order chi connectivity index (χ1) is 12.1. The van der Waals surface area contributed by atoms with Crippen molar-refractivity contribution in [3.63, 3.8) is 0 Å². The molecule has 2 saturated heterocycles. The zero-order valence-corrected chi connectivity index (χ0v) is 14.7. The van der Waals surface area contributed by atoms with Crippen molar-refractivity contribution >= 4 is 11.7 Å². The summed E-state index contributed by atoms with van der Waals surface area (Å²) >= 11 is 0. The Morgan fingerprint density at radius 2 is 2.04 bits per heavy atom. The van der Waals surface area contributed by atoms with Gasteiger partial charge < -0.3 is 9.64 Å². The second kappa shape index (κ2) is 7.95. The standard InChI is InChI=1S/C19H25FN2O3/c1-25-18-7-5-14(12-16(18)20)17(23)6-8-19(24)22-11-10-21-9-3-2-4-15(21)13-22/h5,7,12,15H,2-4,6,8-11,13H2,1H3. The first-order valence-corrected chi connectivity index (χ1v) is 8.97. The highest BCUT2D eigenvalue weighted by Crippen LogP contribution is 2.22. The van der Waals surface area contributed by atoms with Crippen molar-refractivity contribution in [2.24, 2.45) is 0 Å². The van der Waals surface area contributed by atoms with Gasteiger partial charge in [-0.2, -0.15) is 0 Å². The molecule has 3 rings (SSSR count). The van der Waals surface area contributed by atoms with Gasteiger partial charge in [0, 0.05) is 44.1 Å². The van der Waals surface area contributed by atoms with Gasteiger partial charge in [0.1, 0.15) is 0 Å². The fourth-order valence-corrected chi connectivity index (χ4v) is 3.75. The molecule has 0 radical (unpaired) electrons. The number of halogens is 1. The molecule has 0 spiro atoms. The molecular weight excluding hydrogens is 323 g/mol. The molecule has 0 aromatic heterocycles. The maximum absolute atomic E-state index is 13.7. The van der Waals surface area contributed by atoms with E-state index in [0.717, 1.165) is 32.6 Å². The quantitative estimate of drug-likeness (QED) is 0.767. The summed E-state index contributed by atoms with van der Waals surface area (Å²) in [6.07, 6.45) is 3.91. The molecule has 25 heavy (non-hydrogen) atoms. The van der Waals surface area contributed by atoms with E-state index in [0.29, 0.717) is 6.04 Å². The number of ether oxygens (including phenoxy) is 1. The zero-order valence-electron chi connectivity index (χ0n) is 14.7. The largest absolute Gasteiger partial charge is 0.494 e. The molecule has 2 fully saturated rings. The van der Waals surface area contributed by atoms with Gasteiger partial charge in [-0.1, -0.05) is 6.42 Å². The average molecular weight is 348 g/mol. The highest BCUT2D eigenvalue weighted by Gasteiger charge is 2.30. The second-order valence-corrected chi connectivity index (χ2v) is 6.80. The van der Waals surface area contributed by atoms with Crippen LogP contribution in [0.2, 0.25) is 0 Å². The minimum absolute atomic E-state index is 0.0209. The molecule has 2 aliphatic rings. The lowest BCUT2D eigenvalue weighted by Crippen LogP contribution is -2.56. The zero-order chi connectivity index (χ0) is 17.8. The molecule has 136 valence electrons. The molecule has 1 amide bonds. The average Bonchev–Trinajstić information content (AvgIpc) is 2.65. The van der Waals surface area contributed by atoms with E-state index in [-0.39, 0.29) is 35.8 Å². The Hall–Kier alpha value is -1.95. The Kier molecular flexibility index (Phi) is 5.68. The van der Waals surface area contributed by atoms with Gasteiger partial charge in [0.2, 0.25) is 5.91 Å². The lowest BCUT2D eigenvalue weighted by molar-refractivity contribution is -0.134. The van der Waals surface area contributed by atoms with Gasteiger partial charge in [-0.05, 0) is 37.6 Å². The van der Waals surface area contributed by atoms with Gasteiger partial charge in [-0.25, -0.2) is 4.39 Å². The number of amides is 1. The number of Topliss-reactive ketones (excluding diaryl/α,β-unsaturated/α-hetero) is 1. The Morgan fingerprint density at radius 1 is 1.20 bits per heavy atom. The van der Waals surface area contributed by atoms with E-state index in [9.17, 15) is 14.0 Å². The van der Waals surface area contributed by atoms with E-state index in [2.05, 4.69) is 4.90 Å². The lowest BCUT2D eigenvalue weighted by atomic mass is 9.99. The maximum atomic E-state index is 13.7. The van der Waals surface area contributed by atoms with E-state index >= 15 is 0 Å². The van der Waals surface area contributed by atoms with Crippen molar-refractivity contribution in [1.29, 1.82) is 0 Å². The number of piperidine rings is 1. The molecule has 2 heterocycles. The third-order valence-corrected chi connectivity index (χ3v) is 5.23. The van der Waals surface area contributed by atoms with Crippen molar-refractivity contribution in [2.45, 2.75) is 38.1 Å². The minimum Gasteiger partial charge on any atom is -0.494 e. The number of methoxy groups -OCH3 is 1. The van der Waals surface area contributed by atoms with Crippen molar-refractivity contribution in [3.8, 4) is 5.75 Å². The number of carbonyl (C=O) groups excluding carboxylic acids is 2. The molecule has 0 N–H and O–H groups in total. The maximum Gasteiger partial charge on any atom is 0.223 e. The Morgan fingerprint density at radius 3 is 2.80 bits per heavy atom. The summed E-state index contributed by atoms with van der Waals surface area (Å²) in [7, 11) is 1.38. The molecule has 1 atom stereocenters. The van der Waals surface area contributed by atoms with E-state index in [4.69, 9.17) is 4.74 Å². The van der Waals surface area contributed by atoms with Crippen molar-refractivity contribution < 1.29 is 18.7 Å². The van der Waals surface area contributed by atoms with Crippen molar-refractivity contribution in [2.75, 3.05) is 33.3 Å². The third kappa shape index (κ3) is 4.18. The number of hydrogen-bond donors (Lipinski definition) is 0. The molecule has 0 bridgehead atoms. The number of ketones is 1. The van der Waals surface area contributed by atoms with Crippen LogP contribution < -0.4 is 4.74 Å². The summed E-state index contributed by atoms with van der Waals surface area (Å²) in [6, 6.07) is 4.62. The van der Waals surface area contributed by atoms with Gasteiger partial charge in [-0.3, -0.25) is 14.5 Å². The first-order valence-electron chi connectivity index (χ1n) is 8.97. The Bertz CT molecular complexity index is 650. The number of piperazine rings is 1. The number of hydrogen-bond acceptors (Lipinski definition) is 4. The van der Waals surface area contributed by atoms with E-state index < -0.39 is 5.82 Å². The van der Waals surface area contributed by atoms with E-state index in [1.165, 1.54) is 38.2 Å². The molecule has 1 aromatic rings. The Balaban J connectivity index is 1.51. The van der Waals surface area contributed by atoms with Crippen LogP contribution in [-0.4, -0.2) is 60.8 Å². The van der Waals surface area contributed by atoms with Crippen molar-refractivity contribution in [1.82, 2.24) is 9.80 Å². The first kappa shape index (κ1) is 17.9. The van der Waals surface area contributed by atoms with Gasteiger partial charge in [-0.15, -0.1) is 0 Å². The lowest BCUT2D eigenvalue weighted by Gasteiger charge is -2.44. The molecule has 0 saturated carbocycles. The van der Waals surface area contributed by atoms with Crippen LogP contribution in [0.25, 0.3) is 0 Å². The van der Waals surface area contributed by atoms with Gasteiger partial charge >= 0.3 is 0 Å². The normalized spacial score (nSPS) is 20.9. The predicted molar refractivity (Wildman–Crippen MR) is 92.3 cm³/mol. The third-order valence-electron chi connectivity index (χ3n) is 5.23. The van der Waals surface area contributed by atoms with Crippen LogP contribution in [0.15, 0.2) is 18.2 Å². The van der Waals surface area contributed by atoms with Crippen LogP contribution in [0.4, 0.5) is 4.39 Å². The van der Waals surface area contributed by atoms with Gasteiger partial charge in [0.05, 0.1) is 7.11 Å². The predicted octanol–water partition coefficient (Wildman–Crippen LogP) is 2.49. The topological polar surface area (TPSA) is 49.9 Å². The van der Waals surface area contributed by atoms with Crippen LogP contribution in [0.3, 0.4) is 0 Å².